The summed E-state index contributed by atoms with van der Waals surface area (Å²) in [6.07, 6.45) is 3.83. The first-order valence-corrected chi connectivity index (χ1v) is 8.69. The van der Waals surface area contributed by atoms with Crippen molar-refractivity contribution < 1.29 is 0 Å². The van der Waals surface area contributed by atoms with E-state index in [1.807, 2.05) is 0 Å². The van der Waals surface area contributed by atoms with Crippen molar-refractivity contribution >= 4 is 0 Å². The van der Waals surface area contributed by atoms with E-state index in [9.17, 15) is 0 Å². The lowest BCUT2D eigenvalue weighted by Crippen LogP contribution is -2.42. The summed E-state index contributed by atoms with van der Waals surface area (Å²) in [5.41, 5.74) is 2.77. The fraction of sp³-hybridized carbons (Fsp3) is 0.684. The number of nitrogens with one attached hydrogen (secondary N) is 1. The average molecular weight is 288 g/mol. The summed E-state index contributed by atoms with van der Waals surface area (Å²) in [6.45, 7) is 12.8. The van der Waals surface area contributed by atoms with Gasteiger partial charge in [0.05, 0.1) is 0 Å². The Morgan fingerprint density at radius 1 is 1.14 bits per heavy atom. The summed E-state index contributed by atoms with van der Waals surface area (Å²) in [7, 11) is 0. The van der Waals surface area contributed by atoms with E-state index in [4.69, 9.17) is 0 Å². The molecule has 0 aromatic heterocycles. The fourth-order valence-corrected chi connectivity index (χ4v) is 3.47. The maximum absolute atomic E-state index is 3.89. The molecule has 1 fully saturated rings. The van der Waals surface area contributed by atoms with Crippen LogP contribution in [0.3, 0.4) is 0 Å². The number of aryl methyl sites for hydroxylation is 1. The van der Waals surface area contributed by atoms with Crippen LogP contribution < -0.4 is 5.32 Å². The number of hydrogen-bond acceptors (Lipinski definition) is 2. The lowest BCUT2D eigenvalue weighted by molar-refractivity contribution is 0.164. The van der Waals surface area contributed by atoms with Crippen LogP contribution in [0.4, 0.5) is 0 Å². The maximum Gasteiger partial charge on any atom is 0.0320 e. The first-order chi connectivity index (χ1) is 10.1. The minimum Gasteiger partial charge on any atom is -0.307 e. The lowest BCUT2D eigenvalue weighted by atomic mass is 9.89. The molecule has 2 nitrogen and oxygen atoms in total. The third kappa shape index (κ3) is 4.55. The molecule has 21 heavy (non-hydrogen) atoms. The van der Waals surface area contributed by atoms with E-state index in [0.29, 0.717) is 12.1 Å². The monoisotopic (exact) mass is 288 g/mol. The minimum atomic E-state index is 0.491. The fourth-order valence-electron chi connectivity index (χ4n) is 3.47. The van der Waals surface area contributed by atoms with Crippen molar-refractivity contribution in [3.63, 3.8) is 0 Å². The van der Waals surface area contributed by atoms with E-state index in [-0.39, 0.29) is 0 Å². The molecular weight excluding hydrogens is 256 g/mol. The van der Waals surface area contributed by atoms with Gasteiger partial charge < -0.3 is 10.2 Å². The van der Waals surface area contributed by atoms with Crippen LogP contribution >= 0.6 is 0 Å². The Morgan fingerprint density at radius 2 is 1.76 bits per heavy atom. The van der Waals surface area contributed by atoms with Crippen molar-refractivity contribution in [2.45, 2.75) is 59.0 Å². The molecule has 1 aromatic carbocycles. The zero-order valence-corrected chi connectivity index (χ0v) is 14.2. The van der Waals surface area contributed by atoms with E-state index in [0.717, 1.165) is 12.3 Å². The summed E-state index contributed by atoms with van der Waals surface area (Å²) in [4.78, 5) is 2.57. The first kappa shape index (κ1) is 16.5. The summed E-state index contributed by atoms with van der Waals surface area (Å²) in [6, 6.07) is 10.1. The van der Waals surface area contributed by atoms with Crippen LogP contribution in [0.15, 0.2) is 24.3 Å². The predicted octanol–water partition coefficient (Wildman–Crippen LogP) is 4.16. The number of benzene rings is 1. The van der Waals surface area contributed by atoms with Crippen LogP contribution in [-0.4, -0.2) is 30.6 Å². The normalized spacial score (nSPS) is 20.4. The van der Waals surface area contributed by atoms with Crippen molar-refractivity contribution in [3.05, 3.63) is 35.4 Å². The van der Waals surface area contributed by atoms with E-state index in [2.05, 4.69) is 62.2 Å². The van der Waals surface area contributed by atoms with E-state index in [1.165, 1.54) is 43.6 Å². The molecule has 2 heteroatoms. The van der Waals surface area contributed by atoms with Gasteiger partial charge in [-0.3, -0.25) is 0 Å². The molecule has 0 aliphatic carbocycles. The maximum atomic E-state index is 3.89. The van der Waals surface area contributed by atoms with Gasteiger partial charge >= 0.3 is 0 Å². The van der Waals surface area contributed by atoms with Crippen molar-refractivity contribution in [1.29, 1.82) is 0 Å². The van der Waals surface area contributed by atoms with E-state index in [1.54, 1.807) is 0 Å². The molecule has 1 heterocycles. The highest BCUT2D eigenvalue weighted by molar-refractivity contribution is 5.24. The third-order valence-corrected chi connectivity index (χ3v) is 5.14. The molecule has 0 saturated carbocycles. The van der Waals surface area contributed by atoms with Gasteiger partial charge in [0.25, 0.3) is 0 Å². The molecule has 2 unspecified atom stereocenters. The van der Waals surface area contributed by atoms with Crippen molar-refractivity contribution in [1.82, 2.24) is 10.2 Å². The van der Waals surface area contributed by atoms with Gasteiger partial charge in [-0.1, -0.05) is 43.7 Å². The lowest BCUT2D eigenvalue weighted by Gasteiger charge is -2.36. The zero-order chi connectivity index (χ0) is 15.2. The van der Waals surface area contributed by atoms with Gasteiger partial charge in [0, 0.05) is 12.1 Å². The number of rotatable bonds is 6. The largest absolute Gasteiger partial charge is 0.307 e. The molecule has 118 valence electrons. The summed E-state index contributed by atoms with van der Waals surface area (Å²) in [5.74, 6) is 0.826. The molecule has 1 aliphatic rings. The SMILES string of the molecule is CCC(NC(C)C1CCN(CC)CC1)c1ccc(C)cc1. The van der Waals surface area contributed by atoms with Crippen LogP contribution in [0.2, 0.25) is 0 Å². The van der Waals surface area contributed by atoms with Gasteiger partial charge in [-0.05, 0) is 64.2 Å². The van der Waals surface area contributed by atoms with Gasteiger partial charge in [0.1, 0.15) is 0 Å². The summed E-state index contributed by atoms with van der Waals surface area (Å²) >= 11 is 0. The van der Waals surface area contributed by atoms with Crippen molar-refractivity contribution in [3.8, 4) is 0 Å². The Labute approximate surface area is 130 Å². The van der Waals surface area contributed by atoms with Gasteiger partial charge in [-0.25, -0.2) is 0 Å². The van der Waals surface area contributed by atoms with Gasteiger partial charge in [-0.2, -0.15) is 0 Å². The number of hydrogen-bond donors (Lipinski definition) is 1. The molecule has 1 aliphatic heterocycles. The molecule has 0 radical (unpaired) electrons. The Kier molecular flexibility index (Phi) is 6.25. The quantitative estimate of drug-likeness (QED) is 0.845. The number of nitrogens with zero attached hydrogens (tertiary/aromatic N) is 1. The molecule has 0 spiro atoms. The van der Waals surface area contributed by atoms with Crippen LogP contribution in [0.5, 0.6) is 0 Å². The highest BCUT2D eigenvalue weighted by Crippen LogP contribution is 2.24. The highest BCUT2D eigenvalue weighted by Gasteiger charge is 2.24. The topological polar surface area (TPSA) is 15.3 Å². The molecule has 1 N–H and O–H groups in total. The number of likely N-dealkylation sites (tertiary alicyclic amines) is 1. The second kappa shape index (κ2) is 7.95. The standard InChI is InChI=1S/C19H32N2/c1-5-19(18-9-7-15(3)8-10-18)20-16(4)17-11-13-21(6-2)14-12-17/h7-10,16-17,19-20H,5-6,11-14H2,1-4H3. The zero-order valence-electron chi connectivity index (χ0n) is 14.2. The molecular formula is C19H32N2. The van der Waals surface area contributed by atoms with Crippen LogP contribution in [0.25, 0.3) is 0 Å². The number of piperidine rings is 1. The van der Waals surface area contributed by atoms with Gasteiger partial charge in [0.2, 0.25) is 0 Å². The summed E-state index contributed by atoms with van der Waals surface area (Å²) in [5, 5.41) is 3.89. The smallest absolute Gasteiger partial charge is 0.0320 e. The van der Waals surface area contributed by atoms with Crippen molar-refractivity contribution in [2.24, 2.45) is 5.92 Å². The Bertz CT molecular complexity index is 404. The Balaban J connectivity index is 1.90. The second-order valence-corrected chi connectivity index (χ2v) is 6.60. The van der Waals surface area contributed by atoms with E-state index < -0.39 is 0 Å². The van der Waals surface area contributed by atoms with Crippen LogP contribution in [0, 0.1) is 12.8 Å². The molecule has 0 amide bonds. The molecule has 0 bridgehead atoms. The highest BCUT2D eigenvalue weighted by atomic mass is 15.1. The molecule has 1 saturated heterocycles. The first-order valence-electron chi connectivity index (χ1n) is 8.69. The van der Waals surface area contributed by atoms with Gasteiger partial charge in [-0.15, -0.1) is 0 Å². The predicted molar refractivity (Wildman–Crippen MR) is 91.6 cm³/mol. The molecule has 2 rings (SSSR count). The molecule has 2 atom stereocenters. The third-order valence-electron chi connectivity index (χ3n) is 5.14. The Morgan fingerprint density at radius 3 is 2.29 bits per heavy atom. The average Bonchev–Trinajstić information content (AvgIpc) is 2.53. The summed E-state index contributed by atoms with van der Waals surface area (Å²) < 4.78 is 0. The molecule has 1 aromatic rings. The van der Waals surface area contributed by atoms with E-state index >= 15 is 0 Å². The minimum absolute atomic E-state index is 0.491. The Hall–Kier alpha value is -0.860. The van der Waals surface area contributed by atoms with Crippen molar-refractivity contribution in [2.75, 3.05) is 19.6 Å². The van der Waals surface area contributed by atoms with Gasteiger partial charge in [0.15, 0.2) is 0 Å². The van der Waals surface area contributed by atoms with Crippen LogP contribution in [-0.2, 0) is 0 Å². The van der Waals surface area contributed by atoms with Crippen LogP contribution in [0.1, 0.15) is 57.2 Å². The second-order valence-electron chi connectivity index (χ2n) is 6.60.